The number of oxazole rings is 1. The van der Waals surface area contributed by atoms with Crippen molar-refractivity contribution in [2.24, 2.45) is 0 Å². The van der Waals surface area contributed by atoms with E-state index in [0.717, 1.165) is 12.8 Å². The van der Waals surface area contributed by atoms with E-state index in [1.54, 1.807) is 0 Å². The van der Waals surface area contributed by atoms with Gasteiger partial charge >= 0.3 is 0 Å². The maximum atomic E-state index is 9.11. The lowest BCUT2D eigenvalue weighted by atomic mass is 10.0. The van der Waals surface area contributed by atoms with Crippen LogP contribution in [0.25, 0.3) is 11.1 Å². The number of nitrogens with zero attached hydrogens (tertiary/aromatic N) is 2. The highest BCUT2D eigenvalue weighted by Crippen LogP contribution is 2.40. The van der Waals surface area contributed by atoms with Gasteiger partial charge in [0, 0.05) is 0 Å². The molecular weight excluding hydrogens is 388 g/mol. The standard InChI is InChI=1S/C25H30N2O2Si/c1-25(2,3)30(4,5)29-23(24-27-18-22(17-26)28-24)16-13-19-11-14-21(15-12-19)20-9-7-6-8-10-20/h6-12,14-15,18,23H,13,16H2,1-5H3. The zero-order valence-corrected chi connectivity index (χ0v) is 19.5. The third kappa shape index (κ3) is 5.27. The Morgan fingerprint density at radius 2 is 1.67 bits per heavy atom. The Kier molecular flexibility index (Phi) is 6.60. The second-order valence-electron chi connectivity index (χ2n) is 9.14. The molecule has 0 aliphatic carbocycles. The first kappa shape index (κ1) is 22.0. The van der Waals surface area contributed by atoms with Crippen LogP contribution in [0.15, 0.2) is 65.2 Å². The van der Waals surface area contributed by atoms with Crippen molar-refractivity contribution in [2.75, 3.05) is 0 Å². The van der Waals surface area contributed by atoms with Crippen LogP contribution in [0.3, 0.4) is 0 Å². The molecule has 0 fully saturated rings. The smallest absolute Gasteiger partial charge is 0.224 e. The van der Waals surface area contributed by atoms with Crippen LogP contribution in [0.5, 0.6) is 0 Å². The summed E-state index contributed by atoms with van der Waals surface area (Å²) in [7, 11) is -2.03. The van der Waals surface area contributed by atoms with Crippen molar-refractivity contribution in [1.29, 1.82) is 5.26 Å². The Morgan fingerprint density at radius 1 is 1.03 bits per heavy atom. The average molecular weight is 419 g/mol. The minimum absolute atomic E-state index is 0.0766. The van der Waals surface area contributed by atoms with Crippen molar-refractivity contribution in [1.82, 2.24) is 4.98 Å². The minimum atomic E-state index is -2.03. The Balaban J connectivity index is 1.75. The zero-order valence-electron chi connectivity index (χ0n) is 18.5. The van der Waals surface area contributed by atoms with Crippen LogP contribution in [-0.2, 0) is 10.8 Å². The van der Waals surface area contributed by atoms with Gasteiger partial charge in [0.25, 0.3) is 0 Å². The predicted octanol–water partition coefficient (Wildman–Crippen LogP) is 6.91. The van der Waals surface area contributed by atoms with Crippen molar-refractivity contribution in [2.45, 2.75) is 57.8 Å². The van der Waals surface area contributed by atoms with E-state index in [-0.39, 0.29) is 16.9 Å². The SMILES string of the molecule is CC(C)(C)[Si](C)(C)OC(CCc1ccc(-c2ccccc2)cc1)c1ncc(C#N)o1. The first-order valence-electron chi connectivity index (χ1n) is 10.4. The minimum Gasteiger partial charge on any atom is -0.427 e. The molecule has 0 saturated carbocycles. The fourth-order valence-electron chi connectivity index (χ4n) is 3.05. The Hall–Kier alpha value is -2.68. The van der Waals surface area contributed by atoms with Gasteiger partial charge in [-0.3, -0.25) is 0 Å². The molecule has 2 aromatic carbocycles. The van der Waals surface area contributed by atoms with Crippen molar-refractivity contribution in [3.05, 3.63) is 78.0 Å². The number of nitriles is 1. The zero-order chi connectivity index (χ0) is 21.8. The van der Waals surface area contributed by atoms with E-state index < -0.39 is 8.32 Å². The molecule has 0 aliphatic rings. The lowest BCUT2D eigenvalue weighted by Crippen LogP contribution is -2.42. The first-order valence-corrected chi connectivity index (χ1v) is 13.3. The molecule has 0 amide bonds. The van der Waals surface area contributed by atoms with Gasteiger partial charge in [-0.15, -0.1) is 0 Å². The van der Waals surface area contributed by atoms with Gasteiger partial charge in [0.2, 0.25) is 11.7 Å². The van der Waals surface area contributed by atoms with Crippen LogP contribution < -0.4 is 0 Å². The van der Waals surface area contributed by atoms with E-state index in [1.807, 2.05) is 12.1 Å². The third-order valence-corrected chi connectivity index (χ3v) is 10.4. The maximum Gasteiger partial charge on any atom is 0.224 e. The molecule has 4 nitrogen and oxygen atoms in total. The topological polar surface area (TPSA) is 59.0 Å². The number of hydrogen-bond acceptors (Lipinski definition) is 4. The van der Waals surface area contributed by atoms with E-state index in [9.17, 15) is 0 Å². The largest absolute Gasteiger partial charge is 0.427 e. The van der Waals surface area contributed by atoms with Gasteiger partial charge in [0.15, 0.2) is 8.32 Å². The van der Waals surface area contributed by atoms with Crippen LogP contribution >= 0.6 is 0 Å². The highest BCUT2D eigenvalue weighted by atomic mass is 28.4. The Morgan fingerprint density at radius 3 is 2.23 bits per heavy atom. The molecular formula is C25H30N2O2Si. The van der Waals surface area contributed by atoms with Crippen LogP contribution in [0.1, 0.15) is 50.5 Å². The molecule has 1 heterocycles. The highest BCUT2D eigenvalue weighted by molar-refractivity contribution is 6.74. The van der Waals surface area contributed by atoms with E-state index >= 15 is 0 Å². The van der Waals surface area contributed by atoms with Crippen LogP contribution in [0, 0.1) is 11.3 Å². The van der Waals surface area contributed by atoms with Crippen LogP contribution in [0.2, 0.25) is 18.1 Å². The molecule has 156 valence electrons. The number of aryl methyl sites for hydroxylation is 1. The van der Waals surface area contributed by atoms with Crippen LogP contribution in [-0.4, -0.2) is 13.3 Å². The Bertz CT molecular complexity index is 996. The summed E-state index contributed by atoms with van der Waals surface area (Å²) in [4.78, 5) is 4.33. The van der Waals surface area contributed by atoms with Gasteiger partial charge in [-0.1, -0.05) is 75.4 Å². The lowest BCUT2D eigenvalue weighted by Gasteiger charge is -2.38. The van der Waals surface area contributed by atoms with Crippen molar-refractivity contribution in [3.63, 3.8) is 0 Å². The molecule has 1 unspecified atom stereocenters. The average Bonchev–Trinajstić information content (AvgIpc) is 3.20. The summed E-state index contributed by atoms with van der Waals surface area (Å²) in [6.07, 6.45) is 2.81. The number of rotatable bonds is 7. The second-order valence-corrected chi connectivity index (χ2v) is 13.9. The molecule has 1 aromatic heterocycles. The van der Waals surface area contributed by atoms with Gasteiger partial charge in [-0.25, -0.2) is 4.98 Å². The van der Waals surface area contributed by atoms with Crippen molar-refractivity contribution in [3.8, 4) is 17.2 Å². The summed E-state index contributed by atoms with van der Waals surface area (Å²) in [6, 6.07) is 21.0. The van der Waals surface area contributed by atoms with Gasteiger partial charge in [-0.05, 0) is 47.7 Å². The molecule has 0 radical (unpaired) electrons. The summed E-state index contributed by atoms with van der Waals surface area (Å²) in [6.45, 7) is 11.1. The van der Waals surface area contributed by atoms with Gasteiger partial charge in [0.05, 0.1) is 6.20 Å². The summed E-state index contributed by atoms with van der Waals surface area (Å²) in [5.41, 5.74) is 3.66. The molecule has 0 bridgehead atoms. The Labute approximate surface area is 180 Å². The highest BCUT2D eigenvalue weighted by Gasteiger charge is 2.40. The summed E-state index contributed by atoms with van der Waals surface area (Å²) >= 11 is 0. The fraction of sp³-hybridized carbons (Fsp3) is 0.360. The van der Waals surface area contributed by atoms with E-state index in [4.69, 9.17) is 14.1 Å². The number of aromatic nitrogens is 1. The molecule has 3 rings (SSSR count). The maximum absolute atomic E-state index is 9.11. The molecule has 0 spiro atoms. The van der Waals surface area contributed by atoms with Gasteiger partial charge in [0.1, 0.15) is 12.2 Å². The first-order chi connectivity index (χ1) is 14.2. The number of benzene rings is 2. The summed E-state index contributed by atoms with van der Waals surface area (Å²) < 4.78 is 12.3. The fourth-order valence-corrected chi connectivity index (χ4v) is 4.33. The molecule has 3 aromatic rings. The van der Waals surface area contributed by atoms with E-state index in [2.05, 4.69) is 87.4 Å². The summed E-state index contributed by atoms with van der Waals surface area (Å²) in [5.74, 6) is 0.721. The number of hydrogen-bond donors (Lipinski definition) is 0. The van der Waals surface area contributed by atoms with Crippen LogP contribution in [0.4, 0.5) is 0 Å². The summed E-state index contributed by atoms with van der Waals surface area (Å²) in [5, 5.41) is 9.18. The molecule has 0 saturated heterocycles. The second kappa shape index (κ2) is 8.99. The van der Waals surface area contributed by atoms with E-state index in [0.29, 0.717) is 5.89 Å². The lowest BCUT2D eigenvalue weighted by molar-refractivity contribution is 0.141. The monoisotopic (exact) mass is 418 g/mol. The normalized spacial score (nSPS) is 13.1. The molecule has 30 heavy (non-hydrogen) atoms. The van der Waals surface area contributed by atoms with Crippen molar-refractivity contribution >= 4 is 8.32 Å². The quantitative estimate of drug-likeness (QED) is 0.391. The predicted molar refractivity (Wildman–Crippen MR) is 122 cm³/mol. The molecule has 0 aliphatic heterocycles. The van der Waals surface area contributed by atoms with E-state index in [1.165, 1.54) is 22.9 Å². The molecule has 5 heteroatoms. The van der Waals surface area contributed by atoms with Gasteiger partial charge in [-0.2, -0.15) is 5.26 Å². The third-order valence-electron chi connectivity index (χ3n) is 5.91. The molecule has 1 atom stereocenters. The van der Waals surface area contributed by atoms with Crippen molar-refractivity contribution < 1.29 is 8.84 Å². The van der Waals surface area contributed by atoms with Gasteiger partial charge < -0.3 is 8.84 Å². The molecule has 0 N–H and O–H groups in total.